The molecule has 1 saturated heterocycles. The van der Waals surface area contributed by atoms with Gasteiger partial charge in [0.05, 0.1) is 0 Å². The van der Waals surface area contributed by atoms with Gasteiger partial charge in [-0.05, 0) is 39.0 Å². The fraction of sp³-hybridized carbons (Fsp3) is 0.833. The van der Waals surface area contributed by atoms with E-state index in [0.717, 1.165) is 24.9 Å². The summed E-state index contributed by atoms with van der Waals surface area (Å²) < 4.78 is 5.06. The Morgan fingerprint density at radius 1 is 1.29 bits per heavy atom. The standard InChI is InChI=1S/C12H20N2O3/c1-12(2,3)17-11(16)13-5-10(15)14-6-8-4-9(8)7-14/h8-9H,4-7H2,1-3H3,(H,13,16). The quantitative estimate of drug-likeness (QED) is 0.783. The minimum absolute atomic E-state index is 0.0111. The molecule has 1 heterocycles. The lowest BCUT2D eigenvalue weighted by Gasteiger charge is -2.21. The molecule has 0 radical (unpaired) electrons. The number of hydrogen-bond acceptors (Lipinski definition) is 3. The summed E-state index contributed by atoms with van der Waals surface area (Å²) in [4.78, 5) is 24.9. The van der Waals surface area contributed by atoms with Gasteiger partial charge in [0.15, 0.2) is 0 Å². The molecule has 2 atom stereocenters. The van der Waals surface area contributed by atoms with E-state index in [0.29, 0.717) is 0 Å². The third-order valence-electron chi connectivity index (χ3n) is 3.11. The summed E-state index contributed by atoms with van der Waals surface area (Å²) in [7, 11) is 0. The van der Waals surface area contributed by atoms with E-state index in [1.807, 2.05) is 4.90 Å². The predicted octanol–water partition coefficient (Wildman–Crippen LogP) is 0.989. The Morgan fingerprint density at radius 3 is 2.41 bits per heavy atom. The molecule has 2 amide bonds. The highest BCUT2D eigenvalue weighted by atomic mass is 16.6. The maximum atomic E-state index is 11.7. The molecule has 0 spiro atoms. The van der Waals surface area contributed by atoms with E-state index < -0.39 is 11.7 Å². The number of fused-ring (bicyclic) bond motifs is 1. The van der Waals surface area contributed by atoms with Crippen LogP contribution in [0.15, 0.2) is 0 Å². The van der Waals surface area contributed by atoms with Crippen LogP contribution in [0.4, 0.5) is 4.79 Å². The molecular formula is C12H20N2O3. The summed E-state index contributed by atoms with van der Waals surface area (Å²) in [6.45, 7) is 7.14. The summed E-state index contributed by atoms with van der Waals surface area (Å²) >= 11 is 0. The van der Waals surface area contributed by atoms with Crippen LogP contribution in [0.5, 0.6) is 0 Å². The van der Waals surface area contributed by atoms with Crippen LogP contribution < -0.4 is 5.32 Å². The zero-order valence-electron chi connectivity index (χ0n) is 10.7. The van der Waals surface area contributed by atoms with Gasteiger partial charge in [0, 0.05) is 13.1 Å². The zero-order chi connectivity index (χ0) is 12.6. The lowest BCUT2D eigenvalue weighted by molar-refractivity contribution is -0.129. The van der Waals surface area contributed by atoms with Crippen LogP contribution in [0.1, 0.15) is 27.2 Å². The predicted molar refractivity (Wildman–Crippen MR) is 62.4 cm³/mol. The zero-order valence-corrected chi connectivity index (χ0v) is 10.7. The summed E-state index contributed by atoms with van der Waals surface area (Å²) in [5.41, 5.74) is -0.525. The number of ether oxygens (including phenoxy) is 1. The van der Waals surface area contributed by atoms with Gasteiger partial charge in [-0.25, -0.2) is 4.79 Å². The fourth-order valence-corrected chi connectivity index (χ4v) is 2.18. The van der Waals surface area contributed by atoms with Gasteiger partial charge in [0.2, 0.25) is 5.91 Å². The molecule has 5 heteroatoms. The highest BCUT2D eigenvalue weighted by Crippen LogP contribution is 2.44. The van der Waals surface area contributed by atoms with Crippen molar-refractivity contribution >= 4 is 12.0 Å². The first-order valence-electron chi connectivity index (χ1n) is 6.10. The molecule has 0 aromatic rings. The molecule has 5 nitrogen and oxygen atoms in total. The summed E-state index contributed by atoms with van der Waals surface area (Å²) in [5.74, 6) is 1.43. The lowest BCUT2D eigenvalue weighted by atomic mass is 10.2. The molecule has 0 aromatic carbocycles. The second-order valence-corrected chi connectivity index (χ2v) is 5.91. The van der Waals surface area contributed by atoms with Gasteiger partial charge in [0.1, 0.15) is 12.1 Å². The van der Waals surface area contributed by atoms with Crippen LogP contribution in [0.2, 0.25) is 0 Å². The first kappa shape index (κ1) is 12.2. The Labute approximate surface area is 101 Å². The molecule has 0 bridgehead atoms. The van der Waals surface area contributed by atoms with Crippen LogP contribution in [0, 0.1) is 11.8 Å². The fourth-order valence-electron chi connectivity index (χ4n) is 2.18. The molecule has 2 rings (SSSR count). The molecule has 96 valence electrons. The largest absolute Gasteiger partial charge is 0.444 e. The number of amides is 2. The number of nitrogens with zero attached hydrogens (tertiary/aromatic N) is 1. The van der Waals surface area contributed by atoms with Crippen molar-refractivity contribution in [3.63, 3.8) is 0 Å². The van der Waals surface area contributed by atoms with E-state index >= 15 is 0 Å². The van der Waals surface area contributed by atoms with E-state index in [-0.39, 0.29) is 12.5 Å². The van der Waals surface area contributed by atoms with E-state index in [1.165, 1.54) is 6.42 Å². The average molecular weight is 240 g/mol. The van der Waals surface area contributed by atoms with Gasteiger partial charge in [-0.2, -0.15) is 0 Å². The van der Waals surface area contributed by atoms with Gasteiger partial charge >= 0.3 is 6.09 Å². The van der Waals surface area contributed by atoms with E-state index in [9.17, 15) is 9.59 Å². The highest BCUT2D eigenvalue weighted by Gasteiger charge is 2.46. The monoisotopic (exact) mass is 240 g/mol. The average Bonchev–Trinajstić information content (AvgIpc) is 2.80. The second kappa shape index (κ2) is 4.20. The van der Waals surface area contributed by atoms with Crippen molar-refractivity contribution < 1.29 is 14.3 Å². The van der Waals surface area contributed by atoms with Crippen molar-refractivity contribution in [3.05, 3.63) is 0 Å². The molecular weight excluding hydrogens is 220 g/mol. The summed E-state index contributed by atoms with van der Waals surface area (Å²) in [5, 5.41) is 2.49. The Hall–Kier alpha value is -1.26. The summed E-state index contributed by atoms with van der Waals surface area (Å²) in [6, 6.07) is 0. The van der Waals surface area contributed by atoms with Crippen molar-refractivity contribution in [3.8, 4) is 0 Å². The second-order valence-electron chi connectivity index (χ2n) is 5.91. The Morgan fingerprint density at radius 2 is 1.88 bits per heavy atom. The van der Waals surface area contributed by atoms with Gasteiger partial charge in [-0.15, -0.1) is 0 Å². The SMILES string of the molecule is CC(C)(C)OC(=O)NCC(=O)N1CC2CC2C1. The maximum absolute atomic E-state index is 11.7. The van der Waals surface area contributed by atoms with Crippen LogP contribution in [0.3, 0.4) is 0 Å². The Bertz CT molecular complexity index is 325. The number of hydrogen-bond donors (Lipinski definition) is 1. The van der Waals surface area contributed by atoms with Crippen LogP contribution in [0.25, 0.3) is 0 Å². The van der Waals surface area contributed by atoms with E-state index in [1.54, 1.807) is 20.8 Å². The van der Waals surface area contributed by atoms with Crippen molar-refractivity contribution in [2.75, 3.05) is 19.6 Å². The molecule has 17 heavy (non-hydrogen) atoms. The maximum Gasteiger partial charge on any atom is 0.408 e. The topological polar surface area (TPSA) is 58.6 Å². The van der Waals surface area contributed by atoms with Crippen LogP contribution >= 0.6 is 0 Å². The molecule has 1 aliphatic heterocycles. The molecule has 2 unspecified atom stereocenters. The van der Waals surface area contributed by atoms with E-state index in [4.69, 9.17) is 4.74 Å². The number of piperidine rings is 1. The van der Waals surface area contributed by atoms with Crippen LogP contribution in [-0.2, 0) is 9.53 Å². The number of likely N-dealkylation sites (tertiary alicyclic amines) is 1. The van der Waals surface area contributed by atoms with Gasteiger partial charge in [-0.1, -0.05) is 0 Å². The minimum atomic E-state index is -0.532. The van der Waals surface area contributed by atoms with E-state index in [2.05, 4.69) is 5.32 Å². The molecule has 1 saturated carbocycles. The molecule has 2 fully saturated rings. The van der Waals surface area contributed by atoms with Crippen molar-refractivity contribution in [1.29, 1.82) is 0 Å². The Kier molecular flexibility index (Phi) is 3.02. The molecule has 1 N–H and O–H groups in total. The van der Waals surface area contributed by atoms with Gasteiger partial charge < -0.3 is 15.0 Å². The van der Waals surface area contributed by atoms with Gasteiger partial charge in [0.25, 0.3) is 0 Å². The van der Waals surface area contributed by atoms with Crippen LogP contribution in [-0.4, -0.2) is 42.1 Å². The number of rotatable bonds is 2. The molecule has 0 aromatic heterocycles. The smallest absolute Gasteiger partial charge is 0.408 e. The minimum Gasteiger partial charge on any atom is -0.444 e. The third-order valence-corrected chi connectivity index (χ3v) is 3.11. The number of alkyl carbamates (subject to hydrolysis) is 1. The highest BCUT2D eigenvalue weighted by molar-refractivity contribution is 5.82. The molecule has 1 aliphatic carbocycles. The van der Waals surface area contributed by atoms with Crippen molar-refractivity contribution in [1.82, 2.24) is 10.2 Å². The first-order chi connectivity index (χ1) is 7.85. The third kappa shape index (κ3) is 3.35. The number of carbonyl (C=O) groups excluding carboxylic acids is 2. The van der Waals surface area contributed by atoms with Gasteiger partial charge in [-0.3, -0.25) is 4.79 Å². The Balaban J connectivity index is 1.67. The number of nitrogens with one attached hydrogen (secondary N) is 1. The first-order valence-corrected chi connectivity index (χ1v) is 6.10. The lowest BCUT2D eigenvalue weighted by Crippen LogP contribution is -2.41. The normalized spacial score (nSPS) is 26.4. The van der Waals surface area contributed by atoms with Crippen molar-refractivity contribution in [2.45, 2.75) is 32.8 Å². The molecule has 2 aliphatic rings. The number of carbonyl (C=O) groups is 2. The van der Waals surface area contributed by atoms with Crippen molar-refractivity contribution in [2.24, 2.45) is 11.8 Å². The summed E-state index contributed by atoms with van der Waals surface area (Å²) in [6.07, 6.45) is 0.735.